The summed E-state index contributed by atoms with van der Waals surface area (Å²) < 4.78 is 116. The van der Waals surface area contributed by atoms with Gasteiger partial charge in [0.15, 0.2) is 17.5 Å². The van der Waals surface area contributed by atoms with E-state index >= 15 is 0 Å². The van der Waals surface area contributed by atoms with Gasteiger partial charge in [-0.15, -0.1) is 11.3 Å². The quantitative estimate of drug-likeness (QED) is 0.182. The minimum absolute atomic E-state index is 0.0144. The van der Waals surface area contributed by atoms with Crippen molar-refractivity contribution in [2.75, 3.05) is 0 Å². The van der Waals surface area contributed by atoms with Gasteiger partial charge in [0.2, 0.25) is 0 Å². The molecule has 0 N–H and O–H groups in total. The van der Waals surface area contributed by atoms with E-state index in [1.54, 1.807) is 0 Å². The fraction of sp³-hybridized carbons (Fsp3) is 0. The van der Waals surface area contributed by atoms with E-state index in [0.717, 1.165) is 33.2 Å². The van der Waals surface area contributed by atoms with E-state index in [-0.39, 0.29) is 60.0 Å². The Morgan fingerprint density at radius 2 is 1.10 bits per heavy atom. The van der Waals surface area contributed by atoms with Gasteiger partial charge >= 0.3 is 0 Å². The van der Waals surface area contributed by atoms with E-state index in [2.05, 4.69) is 0 Å². The van der Waals surface area contributed by atoms with Gasteiger partial charge in [0.05, 0.1) is 17.8 Å². The average molecular weight is 681 g/mol. The second kappa shape index (κ2) is 12.1. The van der Waals surface area contributed by atoms with Crippen LogP contribution in [0.3, 0.4) is 0 Å². The van der Waals surface area contributed by atoms with Crippen LogP contribution in [0.1, 0.15) is 17.8 Å². The third-order valence-corrected chi connectivity index (χ3v) is 9.86. The van der Waals surface area contributed by atoms with Gasteiger partial charge in [-0.05, 0) is 62.6 Å². The molecule has 0 spiro atoms. The molecule has 0 saturated carbocycles. The van der Waals surface area contributed by atoms with Gasteiger partial charge in [0.1, 0.15) is 0 Å². The van der Waals surface area contributed by atoms with Crippen LogP contribution in [0.2, 0.25) is 0 Å². The zero-order chi connectivity index (χ0) is 45.0. The Labute approximate surface area is 317 Å². The molecule has 2 aromatic heterocycles. The number of aromatic nitrogens is 3. The van der Waals surface area contributed by atoms with Gasteiger partial charge in [-0.2, -0.15) is 0 Å². The van der Waals surface area contributed by atoms with Crippen molar-refractivity contribution in [2.45, 2.75) is 0 Å². The standard InChI is InChI=1S/C47H29N3S/c1-3-13-30(14-4-1)33-19-11-20-35(27-33)45-48-46(39-24-12-18-32-17-7-8-21-36(32)39)50-47(49-45)42-29-41-40-28-34(31-15-5-2-6-16-31)25-26-43(40)51-44(41)38-23-10-9-22-37(38)42/h1-29H/i2D,5D,6D,9D,10D,15D,16D,22D,23D,25D,26D,28D,29D. The van der Waals surface area contributed by atoms with E-state index < -0.39 is 83.6 Å². The number of hydrogen-bond acceptors (Lipinski definition) is 4. The van der Waals surface area contributed by atoms with Crippen molar-refractivity contribution in [3.8, 4) is 56.4 Å². The van der Waals surface area contributed by atoms with Crippen LogP contribution in [0.5, 0.6) is 0 Å². The highest BCUT2D eigenvalue weighted by Gasteiger charge is 2.19. The van der Waals surface area contributed by atoms with Gasteiger partial charge in [-0.3, -0.25) is 0 Å². The molecule has 2 heterocycles. The fourth-order valence-electron chi connectivity index (χ4n) is 6.36. The Morgan fingerprint density at radius 3 is 1.98 bits per heavy atom. The highest BCUT2D eigenvalue weighted by molar-refractivity contribution is 7.26. The van der Waals surface area contributed by atoms with Crippen molar-refractivity contribution in [1.29, 1.82) is 0 Å². The molecule has 0 aliphatic carbocycles. The first-order chi connectivity index (χ1) is 30.7. The summed E-state index contributed by atoms with van der Waals surface area (Å²) in [6.07, 6.45) is 0. The van der Waals surface area contributed by atoms with E-state index in [9.17, 15) is 6.85 Å². The van der Waals surface area contributed by atoms with Gasteiger partial charge in [-0.1, -0.05) is 151 Å². The Bertz CT molecular complexity index is 3640. The Balaban J connectivity index is 1.37. The first-order valence-corrected chi connectivity index (χ1v) is 16.9. The summed E-state index contributed by atoms with van der Waals surface area (Å²) in [5, 5.41) is 1.53. The Hall–Kier alpha value is -6.49. The van der Waals surface area contributed by atoms with Crippen LogP contribution in [-0.2, 0) is 0 Å². The lowest BCUT2D eigenvalue weighted by atomic mass is 9.98. The SMILES string of the molecule is [2H]c1c([2H])c([2H])c(-c2c([2H])c([2H])c3sc4c5c([2H])c([2H])c([2H])c([2H])c5c(-c5nc(-c6cccc(-c7ccccc7)c6)nc(-c6cccc7ccccc67)n5)c([2H])c4c3c2[2H])c([2H])c1[2H]. The minimum Gasteiger partial charge on any atom is -0.208 e. The molecule has 10 rings (SSSR count). The maximum absolute atomic E-state index is 10.1. The maximum Gasteiger partial charge on any atom is 0.164 e. The van der Waals surface area contributed by atoms with Crippen molar-refractivity contribution in [3.63, 3.8) is 0 Å². The third kappa shape index (κ3) is 5.16. The lowest BCUT2D eigenvalue weighted by Gasteiger charge is -2.13. The molecule has 51 heavy (non-hydrogen) atoms. The normalized spacial score (nSPS) is 15.1. The zero-order valence-electron chi connectivity index (χ0n) is 39.5. The second-order valence-corrected chi connectivity index (χ2v) is 12.8. The summed E-state index contributed by atoms with van der Waals surface area (Å²) in [4.78, 5) is 15.0. The fourth-order valence-corrected chi connectivity index (χ4v) is 7.43. The Kier molecular flexibility index (Phi) is 4.53. The monoisotopic (exact) mass is 680 g/mol. The molecule has 0 amide bonds. The molecule has 0 fully saturated rings. The van der Waals surface area contributed by atoms with Crippen LogP contribution in [0.4, 0.5) is 0 Å². The van der Waals surface area contributed by atoms with Crippen LogP contribution in [0, 0.1) is 0 Å². The van der Waals surface area contributed by atoms with Crippen molar-refractivity contribution in [1.82, 2.24) is 15.0 Å². The molecule has 0 bridgehead atoms. The molecule has 0 unspecified atom stereocenters. The molecular formula is C47H29N3S. The number of hydrogen-bond donors (Lipinski definition) is 0. The lowest BCUT2D eigenvalue weighted by molar-refractivity contribution is 1.08. The summed E-state index contributed by atoms with van der Waals surface area (Å²) in [7, 11) is 0. The van der Waals surface area contributed by atoms with Gasteiger partial charge in [-0.25, -0.2) is 15.0 Å². The molecule has 0 radical (unpaired) electrons. The third-order valence-electron chi connectivity index (χ3n) is 8.74. The van der Waals surface area contributed by atoms with Crippen LogP contribution in [0.15, 0.2) is 176 Å². The summed E-state index contributed by atoms with van der Waals surface area (Å²) >= 11 is 0.877. The average Bonchev–Trinajstić information content (AvgIpc) is 3.73. The maximum atomic E-state index is 10.1. The van der Waals surface area contributed by atoms with Gasteiger partial charge in [0, 0.05) is 42.2 Å². The topological polar surface area (TPSA) is 38.7 Å². The lowest BCUT2D eigenvalue weighted by Crippen LogP contribution is -2.01. The summed E-state index contributed by atoms with van der Waals surface area (Å²) in [6, 6.07) is 23.3. The van der Waals surface area contributed by atoms with Crippen LogP contribution in [0.25, 0.3) is 98.1 Å². The van der Waals surface area contributed by atoms with Crippen molar-refractivity contribution in [3.05, 3.63) is 176 Å². The van der Waals surface area contributed by atoms with Crippen molar-refractivity contribution in [2.24, 2.45) is 0 Å². The van der Waals surface area contributed by atoms with Gasteiger partial charge < -0.3 is 0 Å². The van der Waals surface area contributed by atoms with Crippen molar-refractivity contribution >= 4 is 53.1 Å². The molecule has 0 aliphatic heterocycles. The molecule has 0 atom stereocenters. The molecule has 0 saturated heterocycles. The summed E-state index contributed by atoms with van der Waals surface area (Å²) in [5.41, 5.74) is 2.05. The number of rotatable bonds is 5. The van der Waals surface area contributed by atoms with Gasteiger partial charge in [0.25, 0.3) is 0 Å². The van der Waals surface area contributed by atoms with Crippen LogP contribution in [-0.4, -0.2) is 15.0 Å². The summed E-state index contributed by atoms with van der Waals surface area (Å²) in [6.45, 7) is 0. The molecule has 8 aromatic carbocycles. The van der Waals surface area contributed by atoms with E-state index in [0.29, 0.717) is 11.1 Å². The molecule has 0 aliphatic rings. The number of fused-ring (bicyclic) bond motifs is 6. The molecule has 10 aromatic rings. The number of benzene rings is 8. The summed E-state index contributed by atoms with van der Waals surface area (Å²) in [5.74, 6) is 0.300. The first-order valence-electron chi connectivity index (χ1n) is 22.6. The zero-order valence-corrected chi connectivity index (χ0v) is 27.3. The predicted octanol–water partition coefficient (Wildman–Crippen LogP) is 12.9. The second-order valence-electron chi connectivity index (χ2n) is 11.8. The molecule has 3 nitrogen and oxygen atoms in total. The minimum atomic E-state index is -0.691. The highest BCUT2D eigenvalue weighted by Crippen LogP contribution is 2.44. The first kappa shape index (κ1) is 19.0. The predicted molar refractivity (Wildman–Crippen MR) is 215 cm³/mol. The van der Waals surface area contributed by atoms with E-state index in [4.69, 9.17) is 25.9 Å². The largest absolute Gasteiger partial charge is 0.208 e. The molecular weight excluding hydrogens is 639 g/mol. The van der Waals surface area contributed by atoms with E-state index in [1.165, 1.54) is 0 Å². The van der Waals surface area contributed by atoms with Crippen LogP contribution < -0.4 is 0 Å². The number of thiophene rings is 1. The Morgan fingerprint density at radius 1 is 0.412 bits per heavy atom. The molecule has 4 heteroatoms. The van der Waals surface area contributed by atoms with Crippen molar-refractivity contribution < 1.29 is 17.8 Å². The highest BCUT2D eigenvalue weighted by atomic mass is 32.1. The smallest absolute Gasteiger partial charge is 0.164 e. The number of nitrogens with zero attached hydrogens (tertiary/aromatic N) is 3. The van der Waals surface area contributed by atoms with Crippen LogP contribution >= 0.6 is 11.3 Å². The van der Waals surface area contributed by atoms with E-state index in [1.807, 2.05) is 97.1 Å². The molecule has 238 valence electrons.